The van der Waals surface area contributed by atoms with Crippen LogP contribution >= 0.6 is 0 Å². The van der Waals surface area contributed by atoms with Gasteiger partial charge in [0.25, 0.3) is 0 Å². The Morgan fingerprint density at radius 1 is 1.03 bits per heavy atom. The van der Waals surface area contributed by atoms with Crippen molar-refractivity contribution in [2.24, 2.45) is 0 Å². The van der Waals surface area contributed by atoms with Crippen LogP contribution in [0.5, 0.6) is 17.2 Å². The molecule has 0 N–H and O–H groups in total. The number of nitrogens with zero attached hydrogens (tertiary/aromatic N) is 1. The molecule has 2 aromatic rings. The maximum atomic E-state index is 13.6. The fraction of sp³-hybridized carbons (Fsp3) is 0.481. The Morgan fingerprint density at radius 2 is 1.79 bits per heavy atom. The van der Waals surface area contributed by atoms with Gasteiger partial charge in [-0.1, -0.05) is 31.4 Å². The molecule has 34 heavy (non-hydrogen) atoms. The smallest absolute Gasteiger partial charge is 0.195 e. The van der Waals surface area contributed by atoms with Crippen molar-refractivity contribution in [1.82, 2.24) is 4.90 Å². The van der Waals surface area contributed by atoms with Gasteiger partial charge < -0.3 is 14.2 Å². The lowest BCUT2D eigenvalue weighted by Gasteiger charge is -2.34. The molecule has 0 radical (unpaired) electrons. The molecule has 6 nitrogen and oxygen atoms in total. The summed E-state index contributed by atoms with van der Waals surface area (Å²) in [6, 6.07) is 11.2. The van der Waals surface area contributed by atoms with Crippen LogP contribution in [0.2, 0.25) is 0 Å². The van der Waals surface area contributed by atoms with E-state index in [4.69, 9.17) is 14.2 Å². The third-order valence-electron chi connectivity index (χ3n) is 6.63. The molecule has 1 aliphatic carbocycles. The maximum Gasteiger partial charge on any atom is 0.195 e. The predicted molar refractivity (Wildman–Crippen MR) is 134 cm³/mol. The topological polar surface area (TPSA) is 65.1 Å². The molecule has 1 saturated carbocycles. The van der Waals surface area contributed by atoms with Crippen LogP contribution < -0.4 is 14.2 Å². The van der Waals surface area contributed by atoms with Crippen molar-refractivity contribution in [3.05, 3.63) is 53.6 Å². The summed E-state index contributed by atoms with van der Waals surface area (Å²) in [4.78, 5) is 2.32. The predicted octanol–water partition coefficient (Wildman–Crippen LogP) is 5.45. The Bertz CT molecular complexity index is 1150. The summed E-state index contributed by atoms with van der Waals surface area (Å²) in [5.74, 6) is 1.67. The summed E-state index contributed by atoms with van der Waals surface area (Å²) in [5, 5.41) is 0. The molecule has 1 heterocycles. The van der Waals surface area contributed by atoms with Crippen LogP contribution in [-0.2, 0) is 16.4 Å². The Labute approximate surface area is 203 Å². The van der Waals surface area contributed by atoms with Gasteiger partial charge in [-0.3, -0.25) is 4.90 Å². The molecule has 0 amide bonds. The van der Waals surface area contributed by atoms with Crippen LogP contribution in [0.15, 0.2) is 47.4 Å². The van der Waals surface area contributed by atoms with Crippen LogP contribution in [0.4, 0.5) is 0 Å². The van der Waals surface area contributed by atoms with Gasteiger partial charge in [-0.05, 0) is 62.6 Å². The van der Waals surface area contributed by atoms with Gasteiger partial charge in [-0.15, -0.1) is 0 Å². The van der Waals surface area contributed by atoms with E-state index in [9.17, 15) is 8.42 Å². The van der Waals surface area contributed by atoms with Gasteiger partial charge in [-0.2, -0.15) is 0 Å². The van der Waals surface area contributed by atoms with Gasteiger partial charge in [0.1, 0.15) is 33.6 Å². The van der Waals surface area contributed by atoms with Crippen molar-refractivity contribution in [2.75, 3.05) is 20.1 Å². The molecule has 2 aliphatic rings. The standard InChI is InChI=1S/C27H35NO5S/c1-27(2)15-14-21-16-20(10-12-24(21)33-27)18-28(22-8-6-5-7-9-22)19-34(29,30)26-13-11-23(31-3)17-25(26)32-4/h10-17,22H,5-9,18-19H2,1-4H3. The molecule has 1 fully saturated rings. The zero-order valence-electron chi connectivity index (χ0n) is 20.5. The molecular weight excluding hydrogens is 450 g/mol. The Balaban J connectivity index is 1.61. The first kappa shape index (κ1) is 24.6. The summed E-state index contributed by atoms with van der Waals surface area (Å²) in [6.45, 7) is 4.62. The molecule has 0 bridgehead atoms. The number of hydrogen-bond acceptors (Lipinski definition) is 6. The SMILES string of the molecule is COc1ccc(S(=O)(=O)CN(Cc2ccc3c(c2)C=CC(C)(C)O3)C2CCCCC2)c(OC)c1. The van der Waals surface area contributed by atoms with Crippen molar-refractivity contribution in [3.8, 4) is 17.2 Å². The van der Waals surface area contributed by atoms with E-state index >= 15 is 0 Å². The first-order chi connectivity index (χ1) is 16.2. The molecule has 184 valence electrons. The van der Waals surface area contributed by atoms with E-state index in [1.165, 1.54) is 13.5 Å². The van der Waals surface area contributed by atoms with E-state index in [0.717, 1.165) is 42.6 Å². The zero-order chi connectivity index (χ0) is 24.3. The molecule has 1 aliphatic heterocycles. The minimum Gasteiger partial charge on any atom is -0.497 e. The molecule has 7 heteroatoms. The van der Waals surface area contributed by atoms with Crippen LogP contribution in [0.3, 0.4) is 0 Å². The highest BCUT2D eigenvalue weighted by Crippen LogP contribution is 2.34. The number of rotatable bonds is 8. The fourth-order valence-corrected chi connectivity index (χ4v) is 6.41. The number of benzene rings is 2. The molecule has 0 saturated heterocycles. The average molecular weight is 486 g/mol. The van der Waals surface area contributed by atoms with Crippen LogP contribution in [0.25, 0.3) is 6.08 Å². The summed E-state index contributed by atoms with van der Waals surface area (Å²) < 4.78 is 43.8. The minimum absolute atomic E-state index is 0.0587. The second-order valence-electron chi connectivity index (χ2n) is 9.71. The average Bonchev–Trinajstić information content (AvgIpc) is 2.83. The van der Waals surface area contributed by atoms with Gasteiger partial charge in [0, 0.05) is 24.2 Å². The monoisotopic (exact) mass is 485 g/mol. The second kappa shape index (κ2) is 10.0. The Kier molecular flexibility index (Phi) is 7.24. The summed E-state index contributed by atoms with van der Waals surface area (Å²) in [5.41, 5.74) is 1.78. The Hall–Kier alpha value is -2.51. The van der Waals surface area contributed by atoms with E-state index in [0.29, 0.717) is 18.0 Å². The minimum atomic E-state index is -3.62. The zero-order valence-corrected chi connectivity index (χ0v) is 21.4. The number of methoxy groups -OCH3 is 2. The highest BCUT2D eigenvalue weighted by molar-refractivity contribution is 7.91. The molecule has 2 aromatic carbocycles. The normalized spacial score (nSPS) is 17.8. The molecule has 4 rings (SSSR count). The highest BCUT2D eigenvalue weighted by atomic mass is 32.2. The molecular formula is C27H35NO5S. The molecule has 0 aromatic heterocycles. The first-order valence-corrected chi connectivity index (χ1v) is 13.6. The van der Waals surface area contributed by atoms with E-state index in [1.807, 2.05) is 26.0 Å². The third-order valence-corrected chi connectivity index (χ3v) is 8.31. The summed E-state index contributed by atoms with van der Waals surface area (Å²) in [6.07, 6.45) is 9.63. The fourth-order valence-electron chi connectivity index (χ4n) is 4.81. The Morgan fingerprint density at radius 3 is 2.50 bits per heavy atom. The highest BCUT2D eigenvalue weighted by Gasteiger charge is 2.29. The number of hydrogen-bond donors (Lipinski definition) is 0. The number of sulfone groups is 1. The molecule has 0 atom stereocenters. The summed E-state index contributed by atoms with van der Waals surface area (Å²) >= 11 is 0. The van der Waals surface area contributed by atoms with E-state index in [1.54, 1.807) is 25.3 Å². The summed E-state index contributed by atoms with van der Waals surface area (Å²) in [7, 11) is -0.591. The van der Waals surface area contributed by atoms with Crippen LogP contribution in [0.1, 0.15) is 57.1 Å². The van der Waals surface area contributed by atoms with Gasteiger partial charge >= 0.3 is 0 Å². The van der Waals surface area contributed by atoms with E-state index in [2.05, 4.69) is 23.1 Å². The van der Waals surface area contributed by atoms with Crippen LogP contribution in [-0.4, -0.2) is 45.1 Å². The van der Waals surface area contributed by atoms with E-state index in [-0.39, 0.29) is 22.4 Å². The number of fused-ring (bicyclic) bond motifs is 1. The maximum absolute atomic E-state index is 13.6. The van der Waals surface area contributed by atoms with Gasteiger partial charge in [-0.25, -0.2) is 8.42 Å². The third kappa shape index (κ3) is 5.58. The van der Waals surface area contributed by atoms with Crippen molar-refractivity contribution < 1.29 is 22.6 Å². The second-order valence-corrected chi connectivity index (χ2v) is 11.6. The first-order valence-electron chi connectivity index (χ1n) is 11.9. The quantitative estimate of drug-likeness (QED) is 0.495. The van der Waals surface area contributed by atoms with Crippen molar-refractivity contribution in [3.63, 3.8) is 0 Å². The van der Waals surface area contributed by atoms with Crippen molar-refractivity contribution >= 4 is 15.9 Å². The van der Waals surface area contributed by atoms with E-state index < -0.39 is 9.84 Å². The lowest BCUT2D eigenvalue weighted by Crippen LogP contribution is -2.40. The van der Waals surface area contributed by atoms with Gasteiger partial charge in [0.05, 0.1) is 14.2 Å². The largest absolute Gasteiger partial charge is 0.497 e. The van der Waals surface area contributed by atoms with Crippen molar-refractivity contribution in [2.45, 2.75) is 69.0 Å². The van der Waals surface area contributed by atoms with Gasteiger partial charge in [0.2, 0.25) is 0 Å². The van der Waals surface area contributed by atoms with Gasteiger partial charge in [0.15, 0.2) is 9.84 Å². The molecule has 0 unspecified atom stereocenters. The molecule has 0 spiro atoms. The number of ether oxygens (including phenoxy) is 3. The lowest BCUT2D eigenvalue weighted by atomic mass is 9.94. The lowest BCUT2D eigenvalue weighted by molar-refractivity contribution is 0.158. The van der Waals surface area contributed by atoms with Crippen LogP contribution in [0, 0.1) is 0 Å². The van der Waals surface area contributed by atoms with Crippen molar-refractivity contribution in [1.29, 1.82) is 0 Å².